The zero-order chi connectivity index (χ0) is 25.1. The lowest BCUT2D eigenvalue weighted by molar-refractivity contribution is 0.109. The number of halogens is 1. The van der Waals surface area contributed by atoms with Crippen molar-refractivity contribution in [1.29, 1.82) is 0 Å². The number of unbranched alkanes of at least 4 members (excludes halogenated alkanes) is 9. The van der Waals surface area contributed by atoms with Crippen molar-refractivity contribution in [2.45, 2.75) is 90.4 Å². The van der Waals surface area contributed by atoms with Gasteiger partial charge < -0.3 is 14.6 Å². The summed E-state index contributed by atoms with van der Waals surface area (Å²) < 4.78 is 18.9. The van der Waals surface area contributed by atoms with E-state index in [-0.39, 0.29) is 11.9 Å². The van der Waals surface area contributed by atoms with E-state index in [0.29, 0.717) is 19.6 Å². The van der Waals surface area contributed by atoms with Gasteiger partial charge in [0.2, 0.25) is 0 Å². The average Bonchev–Trinajstić information content (AvgIpc) is 3.26. The van der Waals surface area contributed by atoms with Gasteiger partial charge in [0.05, 0.1) is 6.61 Å². The zero-order valence-electron chi connectivity index (χ0n) is 21.9. The van der Waals surface area contributed by atoms with Crippen LogP contribution in [0.4, 0.5) is 9.18 Å². The number of fused-ring (bicyclic) bond motifs is 1. The predicted molar refractivity (Wildman–Crippen MR) is 145 cm³/mol. The van der Waals surface area contributed by atoms with E-state index in [9.17, 15) is 9.18 Å². The van der Waals surface area contributed by atoms with Crippen LogP contribution in [-0.4, -0.2) is 36.2 Å². The minimum absolute atomic E-state index is 0.251. The SMILES string of the molecule is CCCCC/C=C\C/C=C\CCCCCCCCOC(=O)N(C)CCc1c[nH]c2ccc(F)cc12. The first kappa shape index (κ1) is 28.7. The molecule has 35 heavy (non-hydrogen) atoms. The summed E-state index contributed by atoms with van der Waals surface area (Å²) in [4.78, 5) is 16.9. The minimum atomic E-state index is -0.293. The van der Waals surface area contributed by atoms with Crippen LogP contribution in [-0.2, 0) is 11.2 Å². The number of aromatic nitrogens is 1. The number of ether oxygens (including phenoxy) is 1. The van der Waals surface area contributed by atoms with Crippen LogP contribution in [0, 0.1) is 5.82 Å². The maximum absolute atomic E-state index is 13.5. The molecular weight excluding hydrogens is 439 g/mol. The van der Waals surface area contributed by atoms with Crippen molar-refractivity contribution in [2.24, 2.45) is 0 Å². The van der Waals surface area contributed by atoms with Crippen LogP contribution >= 0.6 is 0 Å². The Labute approximate surface area is 211 Å². The largest absolute Gasteiger partial charge is 0.449 e. The summed E-state index contributed by atoms with van der Waals surface area (Å²) in [5.41, 5.74) is 1.91. The summed E-state index contributed by atoms with van der Waals surface area (Å²) in [5, 5.41) is 0.869. The molecule has 1 N–H and O–H groups in total. The molecule has 1 aromatic heterocycles. The number of allylic oxidation sites excluding steroid dienone is 4. The predicted octanol–water partition coefficient (Wildman–Crippen LogP) is 8.73. The van der Waals surface area contributed by atoms with Crippen molar-refractivity contribution in [3.63, 3.8) is 0 Å². The number of nitrogens with one attached hydrogen (secondary N) is 1. The molecule has 1 amide bonds. The lowest BCUT2D eigenvalue weighted by Crippen LogP contribution is -2.29. The van der Waals surface area contributed by atoms with Gasteiger partial charge in [-0.2, -0.15) is 0 Å². The Bertz CT molecular complexity index is 903. The first-order chi connectivity index (χ1) is 17.1. The number of benzene rings is 1. The van der Waals surface area contributed by atoms with E-state index in [1.54, 1.807) is 18.0 Å². The lowest BCUT2D eigenvalue weighted by atomic mass is 10.1. The highest BCUT2D eigenvalue weighted by molar-refractivity contribution is 5.83. The van der Waals surface area contributed by atoms with Crippen molar-refractivity contribution in [3.8, 4) is 0 Å². The van der Waals surface area contributed by atoms with Gasteiger partial charge in [-0.3, -0.25) is 0 Å². The van der Waals surface area contributed by atoms with E-state index in [1.807, 2.05) is 6.20 Å². The van der Waals surface area contributed by atoms with Gasteiger partial charge in [-0.05, 0) is 68.7 Å². The number of amides is 1. The first-order valence-electron chi connectivity index (χ1n) is 13.5. The molecule has 1 heterocycles. The Balaban J connectivity index is 1.43. The van der Waals surface area contributed by atoms with E-state index in [2.05, 4.69) is 36.2 Å². The maximum atomic E-state index is 13.5. The summed E-state index contributed by atoms with van der Waals surface area (Å²) >= 11 is 0. The Morgan fingerprint density at radius 2 is 1.66 bits per heavy atom. The highest BCUT2D eigenvalue weighted by atomic mass is 19.1. The third-order valence-corrected chi connectivity index (χ3v) is 6.33. The van der Waals surface area contributed by atoms with Gasteiger partial charge in [-0.25, -0.2) is 9.18 Å². The number of hydrogen-bond acceptors (Lipinski definition) is 2. The van der Waals surface area contributed by atoms with E-state index < -0.39 is 0 Å². The molecule has 0 bridgehead atoms. The Morgan fingerprint density at radius 3 is 2.40 bits per heavy atom. The van der Waals surface area contributed by atoms with E-state index in [4.69, 9.17) is 4.74 Å². The number of H-pyrrole nitrogens is 1. The molecular formula is C30H45FN2O2. The van der Waals surface area contributed by atoms with Gasteiger partial charge in [0.25, 0.3) is 0 Å². The minimum Gasteiger partial charge on any atom is -0.449 e. The third kappa shape index (κ3) is 12.1. The molecule has 5 heteroatoms. The molecule has 0 unspecified atom stereocenters. The lowest BCUT2D eigenvalue weighted by Gasteiger charge is -2.16. The number of nitrogens with zero attached hydrogens (tertiary/aromatic N) is 1. The maximum Gasteiger partial charge on any atom is 0.409 e. The molecule has 2 aromatic rings. The molecule has 4 nitrogen and oxygen atoms in total. The summed E-state index contributed by atoms with van der Waals surface area (Å²) in [6.07, 6.45) is 25.7. The fourth-order valence-electron chi connectivity index (χ4n) is 4.10. The van der Waals surface area contributed by atoms with Crippen LogP contribution in [0.15, 0.2) is 48.7 Å². The monoisotopic (exact) mass is 484 g/mol. The zero-order valence-corrected chi connectivity index (χ0v) is 21.9. The number of rotatable bonds is 18. The first-order valence-corrected chi connectivity index (χ1v) is 13.5. The number of carbonyl (C=O) groups excluding carboxylic acids is 1. The van der Waals surface area contributed by atoms with Crippen LogP contribution in [0.2, 0.25) is 0 Å². The average molecular weight is 485 g/mol. The van der Waals surface area contributed by atoms with Gasteiger partial charge in [0, 0.05) is 30.7 Å². The molecule has 194 valence electrons. The second-order valence-corrected chi connectivity index (χ2v) is 9.37. The summed E-state index contributed by atoms with van der Waals surface area (Å²) in [6.45, 7) is 3.24. The highest BCUT2D eigenvalue weighted by Gasteiger charge is 2.11. The van der Waals surface area contributed by atoms with E-state index in [0.717, 1.165) is 35.7 Å². The molecule has 0 aliphatic heterocycles. The fraction of sp³-hybridized carbons (Fsp3) is 0.567. The third-order valence-electron chi connectivity index (χ3n) is 6.33. The van der Waals surface area contributed by atoms with Crippen molar-refractivity contribution < 1.29 is 13.9 Å². The molecule has 2 rings (SSSR count). The molecule has 0 radical (unpaired) electrons. The van der Waals surface area contributed by atoms with Crippen molar-refractivity contribution in [2.75, 3.05) is 20.2 Å². The normalized spacial score (nSPS) is 11.7. The van der Waals surface area contributed by atoms with Crippen LogP contribution in [0.1, 0.15) is 89.5 Å². The summed E-state index contributed by atoms with van der Waals surface area (Å²) in [6, 6.07) is 4.71. The second-order valence-electron chi connectivity index (χ2n) is 9.37. The van der Waals surface area contributed by atoms with Crippen LogP contribution in [0.5, 0.6) is 0 Å². The summed E-state index contributed by atoms with van der Waals surface area (Å²) in [7, 11) is 1.75. The van der Waals surface area contributed by atoms with Gasteiger partial charge in [0.15, 0.2) is 0 Å². The van der Waals surface area contributed by atoms with E-state index >= 15 is 0 Å². The molecule has 0 spiro atoms. The Hall–Kier alpha value is -2.56. The molecule has 0 saturated heterocycles. The number of likely N-dealkylation sites (N-methyl/N-ethyl adjacent to an activating group) is 1. The smallest absolute Gasteiger partial charge is 0.409 e. The fourth-order valence-corrected chi connectivity index (χ4v) is 4.10. The topological polar surface area (TPSA) is 45.3 Å². The number of hydrogen-bond donors (Lipinski definition) is 1. The van der Waals surface area contributed by atoms with Gasteiger partial charge >= 0.3 is 6.09 Å². The van der Waals surface area contributed by atoms with Gasteiger partial charge in [-0.15, -0.1) is 0 Å². The summed E-state index contributed by atoms with van der Waals surface area (Å²) in [5.74, 6) is -0.251. The van der Waals surface area contributed by atoms with Gasteiger partial charge in [-0.1, -0.05) is 69.8 Å². The molecule has 0 aliphatic carbocycles. The molecule has 0 saturated carbocycles. The molecule has 1 aromatic carbocycles. The number of carbonyl (C=O) groups is 1. The van der Waals surface area contributed by atoms with Crippen LogP contribution in [0.25, 0.3) is 10.9 Å². The van der Waals surface area contributed by atoms with E-state index in [1.165, 1.54) is 69.9 Å². The molecule has 0 atom stereocenters. The van der Waals surface area contributed by atoms with Crippen LogP contribution in [0.3, 0.4) is 0 Å². The standard InChI is InChI=1S/C30H45FN2O2/c1-3-4-5-6-7-8-9-10-11-12-13-14-15-16-17-18-23-35-30(34)33(2)22-21-26-25-32-29-20-19-27(31)24-28(26)29/h7-8,10-11,19-20,24-25,32H,3-6,9,12-18,21-23H2,1-2H3/b8-7-,11-10-. The quantitative estimate of drug-likeness (QED) is 0.170. The van der Waals surface area contributed by atoms with Crippen molar-refractivity contribution in [1.82, 2.24) is 9.88 Å². The Kier molecular flexibility index (Phi) is 14.6. The van der Waals surface area contributed by atoms with Crippen molar-refractivity contribution >= 4 is 17.0 Å². The van der Waals surface area contributed by atoms with Crippen LogP contribution < -0.4 is 0 Å². The number of aromatic amines is 1. The van der Waals surface area contributed by atoms with Crippen molar-refractivity contribution in [3.05, 3.63) is 60.1 Å². The second kappa shape index (κ2) is 17.8. The van der Waals surface area contributed by atoms with Gasteiger partial charge in [0.1, 0.15) is 5.82 Å². The molecule has 0 fully saturated rings. The Morgan fingerprint density at radius 1 is 0.971 bits per heavy atom. The highest BCUT2D eigenvalue weighted by Crippen LogP contribution is 2.20. The molecule has 0 aliphatic rings.